The molecule has 1 unspecified atom stereocenters. The number of nitrogens with one attached hydrogen (secondary N) is 1. The molecule has 0 aliphatic carbocycles. The Bertz CT molecular complexity index is 299. The minimum absolute atomic E-state index is 0.253. The van der Waals surface area contributed by atoms with Gasteiger partial charge in [0.05, 0.1) is 6.20 Å². The third-order valence-electron chi connectivity index (χ3n) is 2.22. The predicted octanol–water partition coefficient (Wildman–Crippen LogP) is 2.40. The van der Waals surface area contributed by atoms with Crippen molar-refractivity contribution in [1.82, 2.24) is 10.3 Å². The van der Waals surface area contributed by atoms with E-state index >= 15 is 0 Å². The Balaban J connectivity index is 2.40. The number of rotatable bonds is 5. The summed E-state index contributed by atoms with van der Waals surface area (Å²) in [5, 5.41) is 3.37. The maximum atomic E-state index is 12.9. The van der Waals surface area contributed by atoms with Crippen molar-refractivity contribution in [3.63, 3.8) is 0 Å². The van der Waals surface area contributed by atoms with Crippen LogP contribution in [0.4, 0.5) is 4.39 Å². The second kappa shape index (κ2) is 5.81. The Morgan fingerprint density at radius 2 is 2.07 bits per heavy atom. The molecule has 0 radical (unpaired) electrons. The fourth-order valence-corrected chi connectivity index (χ4v) is 1.48. The first-order valence-electron chi connectivity index (χ1n) is 5.40. The first-order valence-corrected chi connectivity index (χ1v) is 5.40. The number of hydrogen-bond acceptors (Lipinski definition) is 2. The summed E-state index contributed by atoms with van der Waals surface area (Å²) in [6, 6.07) is 2.05. The van der Waals surface area contributed by atoms with Crippen LogP contribution in [0.1, 0.15) is 26.3 Å². The van der Waals surface area contributed by atoms with Gasteiger partial charge in [0, 0.05) is 12.2 Å². The van der Waals surface area contributed by atoms with E-state index in [1.54, 1.807) is 12.3 Å². The lowest BCUT2D eigenvalue weighted by Crippen LogP contribution is -2.28. The van der Waals surface area contributed by atoms with Gasteiger partial charge in [-0.05, 0) is 30.5 Å². The summed E-state index contributed by atoms with van der Waals surface area (Å²) < 4.78 is 12.9. The first kappa shape index (κ1) is 12.1. The highest BCUT2D eigenvalue weighted by atomic mass is 19.1. The first-order chi connectivity index (χ1) is 7.08. The molecule has 3 heteroatoms. The molecule has 1 aromatic rings. The third kappa shape index (κ3) is 4.88. The van der Waals surface area contributed by atoms with Gasteiger partial charge in [-0.2, -0.15) is 0 Å². The molecule has 1 N–H and O–H groups in total. The van der Waals surface area contributed by atoms with Crippen molar-refractivity contribution in [2.24, 2.45) is 5.92 Å². The molecule has 1 heterocycles. The quantitative estimate of drug-likeness (QED) is 0.807. The lowest BCUT2D eigenvalue weighted by Gasteiger charge is -2.14. The van der Waals surface area contributed by atoms with Crippen LogP contribution < -0.4 is 5.32 Å². The third-order valence-corrected chi connectivity index (χ3v) is 2.22. The molecule has 0 saturated carbocycles. The van der Waals surface area contributed by atoms with Crippen LogP contribution in [0.5, 0.6) is 0 Å². The molecule has 2 nitrogen and oxygen atoms in total. The number of hydrogen-bond donors (Lipinski definition) is 1. The second-order valence-corrected chi connectivity index (χ2v) is 4.38. The molecule has 15 heavy (non-hydrogen) atoms. The Kier molecular flexibility index (Phi) is 4.69. The summed E-state index contributed by atoms with van der Waals surface area (Å²) in [6.07, 6.45) is 3.83. The van der Waals surface area contributed by atoms with Gasteiger partial charge in [-0.15, -0.1) is 0 Å². The predicted molar refractivity (Wildman–Crippen MR) is 60.2 cm³/mol. The second-order valence-electron chi connectivity index (χ2n) is 4.38. The lowest BCUT2D eigenvalue weighted by atomic mass is 10.0. The molecule has 1 atom stereocenters. The molecule has 0 aliphatic heterocycles. The summed E-state index contributed by atoms with van der Waals surface area (Å²) in [5.41, 5.74) is 0.966. The normalized spacial score (nSPS) is 13.1. The minimum Gasteiger partial charge on any atom is -0.314 e. The number of nitrogens with zero attached hydrogens (tertiary/aromatic N) is 1. The van der Waals surface area contributed by atoms with Crippen LogP contribution in [0.3, 0.4) is 0 Å². The van der Waals surface area contributed by atoms with Gasteiger partial charge in [0.1, 0.15) is 5.82 Å². The van der Waals surface area contributed by atoms with Crippen LogP contribution in [0.15, 0.2) is 18.5 Å². The molecule has 84 valence electrons. The van der Waals surface area contributed by atoms with Gasteiger partial charge in [0.25, 0.3) is 0 Å². The average molecular weight is 210 g/mol. The highest BCUT2D eigenvalue weighted by Gasteiger charge is 2.05. The van der Waals surface area contributed by atoms with Gasteiger partial charge in [0.15, 0.2) is 0 Å². The van der Waals surface area contributed by atoms with E-state index < -0.39 is 0 Å². The zero-order valence-corrected chi connectivity index (χ0v) is 9.63. The van der Waals surface area contributed by atoms with Gasteiger partial charge < -0.3 is 5.32 Å². The van der Waals surface area contributed by atoms with E-state index in [0.29, 0.717) is 12.0 Å². The van der Waals surface area contributed by atoms with E-state index in [1.807, 2.05) is 0 Å². The van der Waals surface area contributed by atoms with Gasteiger partial charge in [-0.1, -0.05) is 20.8 Å². The van der Waals surface area contributed by atoms with Crippen molar-refractivity contribution in [1.29, 1.82) is 0 Å². The van der Waals surface area contributed by atoms with Crippen molar-refractivity contribution in [2.45, 2.75) is 33.2 Å². The number of halogens is 1. The van der Waals surface area contributed by atoms with E-state index in [1.165, 1.54) is 6.20 Å². The van der Waals surface area contributed by atoms with Gasteiger partial charge in [-0.3, -0.25) is 4.98 Å². The van der Waals surface area contributed by atoms with Gasteiger partial charge in [0.2, 0.25) is 0 Å². The Morgan fingerprint density at radius 1 is 1.33 bits per heavy atom. The van der Waals surface area contributed by atoms with Crippen molar-refractivity contribution >= 4 is 0 Å². The van der Waals surface area contributed by atoms with E-state index in [2.05, 4.69) is 31.1 Å². The van der Waals surface area contributed by atoms with Crippen molar-refractivity contribution in [3.8, 4) is 0 Å². The SMILES string of the molecule is CC(CNC(C)C)Cc1cncc(F)c1. The highest BCUT2D eigenvalue weighted by molar-refractivity contribution is 5.10. The smallest absolute Gasteiger partial charge is 0.141 e. The fraction of sp³-hybridized carbons (Fsp3) is 0.583. The van der Waals surface area contributed by atoms with Gasteiger partial charge in [-0.25, -0.2) is 4.39 Å². The van der Waals surface area contributed by atoms with E-state index in [-0.39, 0.29) is 5.82 Å². The van der Waals surface area contributed by atoms with Crippen LogP contribution in [0, 0.1) is 11.7 Å². The Morgan fingerprint density at radius 3 is 2.67 bits per heavy atom. The van der Waals surface area contributed by atoms with Crippen molar-refractivity contribution in [3.05, 3.63) is 29.8 Å². The molecule has 1 rings (SSSR count). The van der Waals surface area contributed by atoms with Crippen molar-refractivity contribution < 1.29 is 4.39 Å². The number of aromatic nitrogens is 1. The topological polar surface area (TPSA) is 24.9 Å². The van der Waals surface area contributed by atoms with Crippen LogP contribution in [0.25, 0.3) is 0 Å². The molecular weight excluding hydrogens is 191 g/mol. The lowest BCUT2D eigenvalue weighted by molar-refractivity contribution is 0.474. The highest BCUT2D eigenvalue weighted by Crippen LogP contribution is 2.08. The standard InChI is InChI=1S/C12H19FN2/c1-9(2)15-6-10(3)4-11-5-12(13)8-14-7-11/h5,7-10,15H,4,6H2,1-3H3. The zero-order chi connectivity index (χ0) is 11.3. The molecule has 0 amide bonds. The Labute approximate surface area is 90.9 Å². The van der Waals surface area contributed by atoms with E-state index in [4.69, 9.17) is 0 Å². The molecule has 0 aliphatic rings. The summed E-state index contributed by atoms with van der Waals surface area (Å²) in [5.74, 6) is 0.243. The maximum absolute atomic E-state index is 12.9. The summed E-state index contributed by atoms with van der Waals surface area (Å²) >= 11 is 0. The molecule has 0 saturated heterocycles. The van der Waals surface area contributed by atoms with E-state index in [0.717, 1.165) is 18.5 Å². The average Bonchev–Trinajstić information content (AvgIpc) is 2.15. The van der Waals surface area contributed by atoms with Crippen LogP contribution in [0.2, 0.25) is 0 Å². The van der Waals surface area contributed by atoms with Crippen LogP contribution in [-0.4, -0.2) is 17.6 Å². The monoisotopic (exact) mass is 210 g/mol. The van der Waals surface area contributed by atoms with Crippen molar-refractivity contribution in [2.75, 3.05) is 6.54 Å². The molecule has 0 spiro atoms. The Hall–Kier alpha value is -0.960. The van der Waals surface area contributed by atoms with Gasteiger partial charge >= 0.3 is 0 Å². The summed E-state index contributed by atoms with van der Waals surface area (Å²) in [6.45, 7) is 7.35. The molecule has 0 fully saturated rings. The molecule has 0 aromatic carbocycles. The number of pyridine rings is 1. The molecule has 0 bridgehead atoms. The molecular formula is C12H19FN2. The van der Waals surface area contributed by atoms with Crippen LogP contribution in [-0.2, 0) is 6.42 Å². The summed E-state index contributed by atoms with van der Waals surface area (Å²) in [7, 11) is 0. The zero-order valence-electron chi connectivity index (χ0n) is 9.63. The largest absolute Gasteiger partial charge is 0.314 e. The maximum Gasteiger partial charge on any atom is 0.141 e. The molecule has 1 aromatic heterocycles. The minimum atomic E-state index is -0.253. The summed E-state index contributed by atoms with van der Waals surface area (Å²) in [4.78, 5) is 3.84. The van der Waals surface area contributed by atoms with E-state index in [9.17, 15) is 4.39 Å². The fourth-order valence-electron chi connectivity index (χ4n) is 1.48. The van der Waals surface area contributed by atoms with Crippen LogP contribution >= 0.6 is 0 Å².